The standard InChI is InChI=1S/C15H16ClF3N4/c16-9-3-4-12-11(6-9)13(7-14(21-12)15(17,18)19)22-23-5-1-2-10(20)8-23/h3-4,6-7,10H,1-2,5,8,20H2,(H,21,22)/t10-/m1/s1. The number of rotatable bonds is 2. The number of piperidine rings is 1. The number of nitrogens with two attached hydrogens (primary N) is 1. The summed E-state index contributed by atoms with van der Waals surface area (Å²) in [5.74, 6) is 0. The Morgan fingerprint density at radius 1 is 1.30 bits per heavy atom. The highest BCUT2D eigenvalue weighted by molar-refractivity contribution is 6.31. The maximum atomic E-state index is 13.1. The molecule has 0 radical (unpaired) electrons. The van der Waals surface area contributed by atoms with E-state index >= 15 is 0 Å². The smallest absolute Gasteiger partial charge is 0.326 e. The minimum atomic E-state index is -4.51. The molecule has 0 aliphatic carbocycles. The molecule has 1 aromatic carbocycles. The Balaban J connectivity index is 2.03. The maximum absolute atomic E-state index is 13.1. The number of nitrogens with zero attached hydrogens (tertiary/aromatic N) is 2. The molecular weight excluding hydrogens is 329 g/mol. The van der Waals surface area contributed by atoms with Crippen LogP contribution in [0, 0.1) is 0 Å². The molecule has 23 heavy (non-hydrogen) atoms. The first-order valence-corrected chi connectivity index (χ1v) is 7.65. The fraction of sp³-hybridized carbons (Fsp3) is 0.400. The average Bonchev–Trinajstić information content (AvgIpc) is 2.46. The number of nitrogens with one attached hydrogen (secondary N) is 1. The van der Waals surface area contributed by atoms with Gasteiger partial charge in [-0.1, -0.05) is 11.6 Å². The third-order valence-electron chi connectivity index (χ3n) is 3.80. The normalized spacial score (nSPS) is 20.0. The summed E-state index contributed by atoms with van der Waals surface area (Å²) in [6.45, 7) is 1.30. The van der Waals surface area contributed by atoms with Crippen LogP contribution < -0.4 is 11.2 Å². The van der Waals surface area contributed by atoms with E-state index < -0.39 is 11.9 Å². The van der Waals surface area contributed by atoms with Crippen LogP contribution in [0.4, 0.5) is 18.9 Å². The van der Waals surface area contributed by atoms with E-state index in [0.29, 0.717) is 22.6 Å². The quantitative estimate of drug-likeness (QED) is 0.873. The third-order valence-corrected chi connectivity index (χ3v) is 4.03. The molecule has 1 saturated heterocycles. The summed E-state index contributed by atoms with van der Waals surface area (Å²) in [6.07, 6.45) is -2.71. The average molecular weight is 345 g/mol. The monoisotopic (exact) mass is 344 g/mol. The topological polar surface area (TPSA) is 54.2 Å². The van der Waals surface area contributed by atoms with Gasteiger partial charge in [-0.05, 0) is 37.1 Å². The number of hydrogen-bond donors (Lipinski definition) is 2. The second-order valence-corrected chi connectivity index (χ2v) is 6.11. The maximum Gasteiger partial charge on any atom is 0.433 e. The lowest BCUT2D eigenvalue weighted by Gasteiger charge is -2.32. The van der Waals surface area contributed by atoms with E-state index in [-0.39, 0.29) is 11.6 Å². The molecule has 0 bridgehead atoms. The van der Waals surface area contributed by atoms with Crippen LogP contribution in [0.15, 0.2) is 24.3 Å². The van der Waals surface area contributed by atoms with Gasteiger partial charge in [0.05, 0.1) is 11.2 Å². The largest absolute Gasteiger partial charge is 0.433 e. The van der Waals surface area contributed by atoms with Gasteiger partial charge in [-0.3, -0.25) is 0 Å². The summed E-state index contributed by atoms with van der Waals surface area (Å²) in [7, 11) is 0. The summed E-state index contributed by atoms with van der Waals surface area (Å²) >= 11 is 5.97. The second kappa shape index (κ2) is 6.14. The van der Waals surface area contributed by atoms with Gasteiger partial charge < -0.3 is 11.2 Å². The minimum Gasteiger partial charge on any atom is -0.326 e. The lowest BCUT2D eigenvalue weighted by atomic mass is 10.1. The SMILES string of the molecule is N[C@@H]1CCCN(Nc2cc(C(F)(F)F)nc3ccc(Cl)cc23)C1. The van der Waals surface area contributed by atoms with Crippen molar-refractivity contribution in [2.75, 3.05) is 18.5 Å². The lowest BCUT2D eigenvalue weighted by molar-refractivity contribution is -0.140. The first-order valence-electron chi connectivity index (χ1n) is 7.27. The number of aromatic nitrogens is 1. The minimum absolute atomic E-state index is 0.00928. The molecule has 0 spiro atoms. The van der Waals surface area contributed by atoms with E-state index in [1.165, 1.54) is 12.1 Å². The van der Waals surface area contributed by atoms with Crippen molar-refractivity contribution in [3.05, 3.63) is 35.0 Å². The highest BCUT2D eigenvalue weighted by Gasteiger charge is 2.33. The second-order valence-electron chi connectivity index (χ2n) is 5.67. The van der Waals surface area contributed by atoms with Crippen molar-refractivity contribution in [3.8, 4) is 0 Å². The third kappa shape index (κ3) is 3.68. The van der Waals surface area contributed by atoms with E-state index in [2.05, 4.69) is 10.4 Å². The van der Waals surface area contributed by atoms with E-state index in [1.807, 2.05) is 5.01 Å². The predicted octanol–water partition coefficient (Wildman–Crippen LogP) is 3.66. The Kier molecular flexibility index (Phi) is 4.35. The lowest BCUT2D eigenvalue weighted by Crippen LogP contribution is -2.45. The highest BCUT2D eigenvalue weighted by atomic mass is 35.5. The van der Waals surface area contributed by atoms with Gasteiger partial charge in [0, 0.05) is 29.5 Å². The number of fused-ring (bicyclic) bond motifs is 1. The summed E-state index contributed by atoms with van der Waals surface area (Å²) in [5, 5.41) is 2.83. The molecule has 8 heteroatoms. The van der Waals surface area contributed by atoms with Crippen molar-refractivity contribution in [3.63, 3.8) is 0 Å². The number of anilines is 1. The molecule has 3 rings (SSSR count). The van der Waals surface area contributed by atoms with Gasteiger partial charge in [0.15, 0.2) is 0 Å². The Hall–Kier alpha value is -1.57. The number of hydrogen-bond acceptors (Lipinski definition) is 4. The van der Waals surface area contributed by atoms with Crippen molar-refractivity contribution in [1.29, 1.82) is 0 Å². The zero-order chi connectivity index (χ0) is 16.6. The van der Waals surface area contributed by atoms with E-state index in [9.17, 15) is 13.2 Å². The zero-order valence-electron chi connectivity index (χ0n) is 12.2. The highest BCUT2D eigenvalue weighted by Crippen LogP contribution is 2.34. The van der Waals surface area contributed by atoms with Crippen molar-refractivity contribution >= 4 is 28.2 Å². The van der Waals surface area contributed by atoms with Crippen molar-refractivity contribution < 1.29 is 13.2 Å². The summed E-state index contributed by atoms with van der Waals surface area (Å²) < 4.78 is 39.2. The molecule has 0 amide bonds. The molecule has 2 heterocycles. The molecule has 0 saturated carbocycles. The molecule has 124 valence electrons. The van der Waals surface area contributed by atoms with Gasteiger partial charge in [-0.25, -0.2) is 9.99 Å². The van der Waals surface area contributed by atoms with Gasteiger partial charge in [-0.2, -0.15) is 13.2 Å². The van der Waals surface area contributed by atoms with Gasteiger partial charge in [0.2, 0.25) is 0 Å². The van der Waals surface area contributed by atoms with Crippen LogP contribution in [-0.2, 0) is 6.18 Å². The van der Waals surface area contributed by atoms with E-state index in [4.69, 9.17) is 17.3 Å². The van der Waals surface area contributed by atoms with E-state index in [0.717, 1.165) is 25.5 Å². The fourth-order valence-corrected chi connectivity index (χ4v) is 2.89. The number of alkyl halides is 3. The summed E-state index contributed by atoms with van der Waals surface area (Å²) in [6, 6.07) is 5.64. The molecular formula is C15H16ClF3N4. The molecule has 1 aliphatic heterocycles. The van der Waals surface area contributed by atoms with Gasteiger partial charge in [0.1, 0.15) is 5.69 Å². The Labute approximate surface area is 136 Å². The molecule has 1 atom stereocenters. The fourth-order valence-electron chi connectivity index (χ4n) is 2.72. The number of benzene rings is 1. The van der Waals surface area contributed by atoms with E-state index in [1.54, 1.807) is 6.07 Å². The molecule has 1 aliphatic rings. The van der Waals surface area contributed by atoms with Gasteiger partial charge >= 0.3 is 6.18 Å². The zero-order valence-corrected chi connectivity index (χ0v) is 13.0. The predicted molar refractivity (Wildman–Crippen MR) is 84.2 cm³/mol. The molecule has 3 N–H and O–H groups in total. The van der Waals surface area contributed by atoms with Crippen molar-refractivity contribution in [1.82, 2.24) is 9.99 Å². The summed E-state index contributed by atoms with van der Waals surface area (Å²) in [5.41, 5.74) is 8.61. The van der Waals surface area contributed by atoms with Crippen molar-refractivity contribution in [2.24, 2.45) is 5.73 Å². The number of pyridine rings is 1. The molecule has 2 aromatic rings. The van der Waals surface area contributed by atoms with Crippen LogP contribution in [0.5, 0.6) is 0 Å². The first-order chi connectivity index (χ1) is 10.8. The molecule has 0 unspecified atom stereocenters. The van der Waals surface area contributed by atoms with Gasteiger partial charge in [-0.15, -0.1) is 0 Å². The Morgan fingerprint density at radius 2 is 2.09 bits per heavy atom. The van der Waals surface area contributed by atoms with Gasteiger partial charge in [0.25, 0.3) is 0 Å². The van der Waals surface area contributed by atoms with Crippen molar-refractivity contribution in [2.45, 2.75) is 25.1 Å². The van der Waals surface area contributed by atoms with Crippen LogP contribution >= 0.6 is 11.6 Å². The molecule has 1 fully saturated rings. The first kappa shape index (κ1) is 16.3. The van der Waals surface area contributed by atoms with Crippen LogP contribution in [0.2, 0.25) is 5.02 Å². The van der Waals surface area contributed by atoms with Crippen LogP contribution in [0.1, 0.15) is 18.5 Å². The number of halogens is 4. The summed E-state index contributed by atoms with van der Waals surface area (Å²) in [4.78, 5) is 3.69. The van der Waals surface area contributed by atoms with Crippen LogP contribution in [0.25, 0.3) is 10.9 Å². The Bertz CT molecular complexity index is 720. The molecule has 4 nitrogen and oxygen atoms in total. The van der Waals surface area contributed by atoms with Crippen LogP contribution in [0.3, 0.4) is 0 Å². The number of hydrazine groups is 1. The van der Waals surface area contributed by atoms with Crippen LogP contribution in [-0.4, -0.2) is 29.1 Å². The molecule has 1 aromatic heterocycles. The Morgan fingerprint density at radius 3 is 2.78 bits per heavy atom.